The molecule has 61 valence electrons. The van der Waals surface area contributed by atoms with Crippen molar-refractivity contribution in [1.82, 2.24) is 0 Å². The van der Waals surface area contributed by atoms with E-state index in [1.165, 1.54) is 21.3 Å². The van der Waals surface area contributed by atoms with Crippen molar-refractivity contribution in [3.05, 3.63) is 0 Å². The number of hydrogen-bond acceptors (Lipinski definition) is 6. The predicted octanol–water partition coefficient (Wildman–Crippen LogP) is -0.676. The van der Waals surface area contributed by atoms with Crippen LogP contribution in [0.1, 0.15) is 0 Å². The van der Waals surface area contributed by atoms with Gasteiger partial charge in [0.15, 0.2) is 0 Å². The first-order valence-corrected chi connectivity index (χ1v) is 2.43. The molecule has 0 amide bonds. The van der Waals surface area contributed by atoms with Gasteiger partial charge >= 0.3 is 7.32 Å². The molecular weight excluding hydrogens is 150 g/mol. The Kier molecular flexibility index (Phi) is 13.2. The fraction of sp³-hybridized carbons (Fsp3) is 1.00. The van der Waals surface area contributed by atoms with Gasteiger partial charge in [-0.1, -0.05) is 0 Å². The van der Waals surface area contributed by atoms with Gasteiger partial charge in [-0.05, 0) is 0 Å². The molecule has 0 saturated carbocycles. The molecule has 0 unspecified atom stereocenters. The van der Waals surface area contributed by atoms with Crippen LogP contribution in [0.4, 0.5) is 0 Å². The Balaban J connectivity index is 0. The van der Waals surface area contributed by atoms with Gasteiger partial charge in [-0.15, -0.1) is 0 Å². The van der Waals surface area contributed by atoms with Crippen molar-refractivity contribution in [2.24, 2.45) is 0 Å². The predicted molar refractivity (Wildman–Crippen MR) is 35.8 cm³/mol. The zero-order valence-corrected chi connectivity index (χ0v) is 7.03. The summed E-state index contributed by atoms with van der Waals surface area (Å²) in [5, 5.41) is 0. The normalized spacial score (nSPS) is 9.00. The molecule has 11 heavy (non-hydrogen) atoms. The molecule has 0 fully saturated rings. The van der Waals surface area contributed by atoms with Gasteiger partial charge < -0.3 is 0 Å². The second-order valence-corrected chi connectivity index (χ2v) is 1.08. The molecule has 0 aromatic carbocycles. The van der Waals surface area contributed by atoms with Crippen LogP contribution >= 0.6 is 0 Å². The van der Waals surface area contributed by atoms with Gasteiger partial charge in [0.1, 0.15) is 0 Å². The van der Waals surface area contributed by atoms with Crippen molar-refractivity contribution in [3.63, 3.8) is 0 Å². The second-order valence-electron chi connectivity index (χ2n) is 1.08. The van der Waals surface area contributed by atoms with E-state index >= 15 is 0 Å². The monoisotopic (exact) mass is 159 g/mol. The Hall–Kier alpha value is 0.422. The summed E-state index contributed by atoms with van der Waals surface area (Å²) in [4.78, 5) is 25.6. The standard InChI is InChI=1S/C3H9BO6.Li/c1-5-8-4(9-6-2)10-7-3;/h1-3H3;. The minimum atomic E-state index is -1.14. The van der Waals surface area contributed by atoms with Crippen LogP contribution in [0, 0.1) is 0 Å². The van der Waals surface area contributed by atoms with E-state index in [1.807, 2.05) is 0 Å². The van der Waals surface area contributed by atoms with Crippen LogP contribution in [0.5, 0.6) is 0 Å². The zero-order valence-electron chi connectivity index (χ0n) is 7.03. The Labute approximate surface area is 77.2 Å². The summed E-state index contributed by atoms with van der Waals surface area (Å²) in [6.07, 6.45) is 0. The van der Waals surface area contributed by atoms with E-state index in [-0.39, 0.29) is 18.9 Å². The zero-order chi connectivity index (χ0) is 7.82. The molecule has 0 heterocycles. The minimum absolute atomic E-state index is 0. The van der Waals surface area contributed by atoms with Gasteiger partial charge in [0, 0.05) is 18.9 Å². The summed E-state index contributed by atoms with van der Waals surface area (Å²) < 4.78 is 0. The quantitative estimate of drug-likeness (QED) is 0.290. The van der Waals surface area contributed by atoms with Crippen LogP contribution in [0.3, 0.4) is 0 Å². The molecule has 6 nitrogen and oxygen atoms in total. The van der Waals surface area contributed by atoms with Crippen molar-refractivity contribution >= 4 is 26.2 Å². The molecule has 8 heteroatoms. The van der Waals surface area contributed by atoms with Crippen LogP contribution in [0.2, 0.25) is 0 Å². The van der Waals surface area contributed by atoms with Crippen molar-refractivity contribution in [2.75, 3.05) is 21.3 Å². The van der Waals surface area contributed by atoms with E-state index in [1.54, 1.807) is 0 Å². The maximum Gasteiger partial charge on any atom is 0.725 e. The Morgan fingerprint density at radius 2 is 1.00 bits per heavy atom. The molecule has 0 aliphatic rings. The largest absolute Gasteiger partial charge is 0.725 e. The van der Waals surface area contributed by atoms with E-state index in [9.17, 15) is 0 Å². The fourth-order valence-corrected chi connectivity index (χ4v) is 0.284. The maximum absolute atomic E-state index is 4.33. The molecule has 0 saturated heterocycles. The average Bonchev–Trinajstić information content (AvgIpc) is 1.90. The van der Waals surface area contributed by atoms with Gasteiger partial charge in [0.2, 0.25) is 0 Å². The smallest absolute Gasteiger partial charge is 0.251 e. The molecule has 0 aliphatic carbocycles. The molecule has 0 aliphatic heterocycles. The third-order valence-corrected chi connectivity index (χ3v) is 0.524. The van der Waals surface area contributed by atoms with Crippen LogP contribution < -0.4 is 0 Å². The van der Waals surface area contributed by atoms with E-state index in [0.29, 0.717) is 0 Å². The molecule has 1 radical (unpaired) electrons. The van der Waals surface area contributed by atoms with Crippen LogP contribution in [0.25, 0.3) is 0 Å². The van der Waals surface area contributed by atoms with Gasteiger partial charge in [-0.25, -0.2) is 14.4 Å². The van der Waals surface area contributed by atoms with Crippen LogP contribution in [-0.4, -0.2) is 47.5 Å². The maximum atomic E-state index is 4.33. The minimum Gasteiger partial charge on any atom is -0.251 e. The van der Waals surface area contributed by atoms with Crippen molar-refractivity contribution < 1.29 is 29.1 Å². The molecule has 0 aromatic rings. The van der Waals surface area contributed by atoms with E-state index in [4.69, 9.17) is 0 Å². The topological polar surface area (TPSA) is 55.4 Å². The number of rotatable bonds is 6. The first-order chi connectivity index (χ1) is 4.85. The summed E-state index contributed by atoms with van der Waals surface area (Å²) in [6.45, 7) is 0. The summed E-state index contributed by atoms with van der Waals surface area (Å²) in [6, 6.07) is 0. The van der Waals surface area contributed by atoms with Gasteiger partial charge in [-0.3, -0.25) is 14.7 Å². The Bertz CT molecular complexity index is 60.6. The Morgan fingerprint density at radius 1 is 0.727 bits per heavy atom. The van der Waals surface area contributed by atoms with Gasteiger partial charge in [0.05, 0.1) is 21.3 Å². The van der Waals surface area contributed by atoms with Crippen LogP contribution in [-0.2, 0) is 29.1 Å². The molecule has 0 spiro atoms. The van der Waals surface area contributed by atoms with Crippen molar-refractivity contribution in [3.8, 4) is 0 Å². The molecule has 0 bridgehead atoms. The molecule has 0 rings (SSSR count). The molecule has 0 aromatic heterocycles. The van der Waals surface area contributed by atoms with Gasteiger partial charge in [-0.2, -0.15) is 0 Å². The number of hydrogen-bond donors (Lipinski definition) is 0. The molecular formula is C3H9BLiO6. The Morgan fingerprint density at radius 3 is 1.18 bits per heavy atom. The summed E-state index contributed by atoms with van der Waals surface area (Å²) in [5.74, 6) is 0. The van der Waals surface area contributed by atoms with Crippen molar-refractivity contribution in [2.45, 2.75) is 0 Å². The van der Waals surface area contributed by atoms with E-state index in [2.05, 4.69) is 29.1 Å². The third kappa shape index (κ3) is 8.33. The second kappa shape index (κ2) is 10.4. The van der Waals surface area contributed by atoms with E-state index in [0.717, 1.165) is 0 Å². The molecule has 0 N–H and O–H groups in total. The fourth-order valence-electron chi connectivity index (χ4n) is 0.284. The first kappa shape index (κ1) is 14.0. The average molecular weight is 159 g/mol. The summed E-state index contributed by atoms with van der Waals surface area (Å²) in [7, 11) is 2.75. The first-order valence-electron chi connectivity index (χ1n) is 2.43. The summed E-state index contributed by atoms with van der Waals surface area (Å²) >= 11 is 0. The van der Waals surface area contributed by atoms with Crippen LogP contribution in [0.15, 0.2) is 0 Å². The van der Waals surface area contributed by atoms with E-state index < -0.39 is 7.32 Å². The third-order valence-electron chi connectivity index (χ3n) is 0.524. The summed E-state index contributed by atoms with van der Waals surface area (Å²) in [5.41, 5.74) is 0. The molecule has 0 atom stereocenters. The van der Waals surface area contributed by atoms with Crippen molar-refractivity contribution in [1.29, 1.82) is 0 Å². The van der Waals surface area contributed by atoms with Gasteiger partial charge in [0.25, 0.3) is 0 Å². The SMILES string of the molecule is COOB(OOC)OOC.[Li].